The van der Waals surface area contributed by atoms with Gasteiger partial charge in [0.2, 0.25) is 0 Å². The van der Waals surface area contributed by atoms with Gasteiger partial charge >= 0.3 is 5.97 Å². The van der Waals surface area contributed by atoms with E-state index in [1.165, 1.54) is 19.2 Å². The highest BCUT2D eigenvalue weighted by atomic mass is 79.9. The minimum absolute atomic E-state index is 0.165. The van der Waals surface area contributed by atoms with Gasteiger partial charge in [0.15, 0.2) is 11.3 Å². The van der Waals surface area contributed by atoms with Crippen LogP contribution in [0.1, 0.15) is 12.5 Å². The van der Waals surface area contributed by atoms with Crippen molar-refractivity contribution in [2.24, 2.45) is 0 Å². The fraction of sp³-hybridized carbons (Fsp3) is 0.118. The van der Waals surface area contributed by atoms with Gasteiger partial charge in [0, 0.05) is 16.7 Å². The van der Waals surface area contributed by atoms with Crippen LogP contribution in [0.2, 0.25) is 5.15 Å². The van der Waals surface area contributed by atoms with Crippen LogP contribution in [0.3, 0.4) is 0 Å². The summed E-state index contributed by atoms with van der Waals surface area (Å²) in [5, 5.41) is 2.72. The van der Waals surface area contributed by atoms with Crippen molar-refractivity contribution in [2.75, 3.05) is 5.32 Å². The number of esters is 1. The number of carbonyl (C=O) groups is 2. The standard InChI is InChI=1S/C17H14BrClN2O3/c1-11(17(23)21-14-7-4-10-20-16(14)19)24-15(22)9-8-12-5-2-3-6-13(12)18/h2-11H,1H3,(H,21,23)/b9-8+/t11-/m1/s1. The lowest BCUT2D eigenvalue weighted by Gasteiger charge is -2.12. The Morgan fingerprint density at radius 2 is 2.04 bits per heavy atom. The minimum atomic E-state index is -0.974. The number of carbonyl (C=O) groups excluding carboxylic acids is 2. The van der Waals surface area contributed by atoms with Gasteiger partial charge in [-0.15, -0.1) is 0 Å². The van der Waals surface area contributed by atoms with E-state index >= 15 is 0 Å². The summed E-state index contributed by atoms with van der Waals surface area (Å²) in [6.45, 7) is 1.48. The SMILES string of the molecule is C[C@@H](OC(=O)/C=C/c1ccccc1Br)C(=O)Nc1cccnc1Cl. The number of halogens is 2. The zero-order valence-electron chi connectivity index (χ0n) is 12.7. The summed E-state index contributed by atoms with van der Waals surface area (Å²) in [5.74, 6) is -1.11. The molecule has 2 aromatic rings. The van der Waals surface area contributed by atoms with Crippen LogP contribution in [0.5, 0.6) is 0 Å². The van der Waals surface area contributed by atoms with Crippen molar-refractivity contribution < 1.29 is 14.3 Å². The van der Waals surface area contributed by atoms with Crippen molar-refractivity contribution in [1.29, 1.82) is 0 Å². The van der Waals surface area contributed by atoms with Crippen LogP contribution >= 0.6 is 27.5 Å². The number of hydrogen-bond acceptors (Lipinski definition) is 4. The summed E-state index contributed by atoms with van der Waals surface area (Å²) in [6.07, 6.45) is 3.40. The number of nitrogens with zero attached hydrogens (tertiary/aromatic N) is 1. The maximum Gasteiger partial charge on any atom is 0.331 e. The molecule has 0 radical (unpaired) electrons. The monoisotopic (exact) mass is 408 g/mol. The number of pyridine rings is 1. The fourth-order valence-corrected chi connectivity index (χ4v) is 2.33. The van der Waals surface area contributed by atoms with Crippen LogP contribution in [-0.2, 0) is 14.3 Å². The van der Waals surface area contributed by atoms with Gasteiger partial charge in [0.25, 0.3) is 5.91 Å². The molecule has 7 heteroatoms. The first-order chi connectivity index (χ1) is 11.5. The van der Waals surface area contributed by atoms with Crippen LogP contribution in [0.25, 0.3) is 6.08 Å². The van der Waals surface area contributed by atoms with Crippen LogP contribution in [0.15, 0.2) is 53.1 Å². The lowest BCUT2D eigenvalue weighted by Crippen LogP contribution is -2.29. The number of nitrogens with one attached hydrogen (secondary N) is 1. The van der Waals surface area contributed by atoms with Gasteiger partial charge in [-0.3, -0.25) is 4.79 Å². The summed E-state index contributed by atoms with van der Waals surface area (Å²) in [7, 11) is 0. The molecular weight excluding hydrogens is 396 g/mol. The molecule has 124 valence electrons. The third-order valence-electron chi connectivity index (χ3n) is 2.98. The van der Waals surface area contributed by atoms with E-state index in [2.05, 4.69) is 26.2 Å². The lowest BCUT2D eigenvalue weighted by molar-refractivity contribution is -0.148. The van der Waals surface area contributed by atoms with Crippen molar-refractivity contribution in [2.45, 2.75) is 13.0 Å². The van der Waals surface area contributed by atoms with Gasteiger partial charge in [0.1, 0.15) is 0 Å². The maximum absolute atomic E-state index is 12.0. The fourth-order valence-electron chi connectivity index (χ4n) is 1.75. The van der Waals surface area contributed by atoms with E-state index in [0.717, 1.165) is 10.0 Å². The summed E-state index contributed by atoms with van der Waals surface area (Å²) in [6, 6.07) is 10.7. The van der Waals surface area contributed by atoms with E-state index in [0.29, 0.717) is 5.69 Å². The van der Waals surface area contributed by atoms with E-state index < -0.39 is 18.0 Å². The van der Waals surface area contributed by atoms with Crippen LogP contribution in [0, 0.1) is 0 Å². The minimum Gasteiger partial charge on any atom is -0.449 e. The first kappa shape index (κ1) is 18.2. The molecule has 1 N–H and O–H groups in total. The zero-order chi connectivity index (χ0) is 17.5. The van der Waals surface area contributed by atoms with Crippen molar-refractivity contribution in [3.63, 3.8) is 0 Å². The Labute approximate surface area is 152 Å². The number of amides is 1. The Kier molecular flexibility index (Phi) is 6.52. The van der Waals surface area contributed by atoms with E-state index in [4.69, 9.17) is 16.3 Å². The third kappa shape index (κ3) is 5.18. The van der Waals surface area contributed by atoms with Crippen LogP contribution < -0.4 is 5.32 Å². The Hall–Kier alpha value is -2.18. The highest BCUT2D eigenvalue weighted by molar-refractivity contribution is 9.10. The molecule has 0 unspecified atom stereocenters. The van der Waals surface area contributed by atoms with E-state index in [9.17, 15) is 9.59 Å². The normalized spacial score (nSPS) is 12.0. The summed E-state index contributed by atoms with van der Waals surface area (Å²) in [5.41, 5.74) is 1.18. The number of anilines is 1. The number of ether oxygens (including phenoxy) is 1. The molecule has 0 saturated heterocycles. The smallest absolute Gasteiger partial charge is 0.331 e. The average molecular weight is 410 g/mol. The van der Waals surface area contributed by atoms with E-state index in [-0.39, 0.29) is 5.15 Å². The van der Waals surface area contributed by atoms with Gasteiger partial charge in [-0.25, -0.2) is 9.78 Å². The Morgan fingerprint density at radius 3 is 2.75 bits per heavy atom. The predicted octanol–water partition coefficient (Wildman–Crippen LogP) is 4.08. The Morgan fingerprint density at radius 1 is 1.29 bits per heavy atom. The third-order valence-corrected chi connectivity index (χ3v) is 4.01. The molecule has 1 aromatic carbocycles. The lowest BCUT2D eigenvalue weighted by atomic mass is 10.2. The molecule has 0 spiro atoms. The molecule has 0 aliphatic carbocycles. The highest BCUT2D eigenvalue weighted by Gasteiger charge is 2.17. The van der Waals surface area contributed by atoms with Gasteiger partial charge in [-0.2, -0.15) is 0 Å². The van der Waals surface area contributed by atoms with Gasteiger partial charge in [-0.05, 0) is 36.8 Å². The second-order valence-corrected chi connectivity index (χ2v) is 5.98. The van der Waals surface area contributed by atoms with Crippen LogP contribution in [0.4, 0.5) is 5.69 Å². The first-order valence-corrected chi connectivity index (χ1v) is 8.19. The number of hydrogen-bond donors (Lipinski definition) is 1. The molecule has 2 rings (SSSR count). The van der Waals surface area contributed by atoms with E-state index in [1.54, 1.807) is 18.2 Å². The Bertz CT molecular complexity index is 780. The van der Waals surface area contributed by atoms with Crippen molar-refractivity contribution >= 4 is 51.2 Å². The summed E-state index contributed by atoms with van der Waals surface area (Å²) in [4.78, 5) is 27.7. The topological polar surface area (TPSA) is 68.3 Å². The van der Waals surface area contributed by atoms with E-state index in [1.807, 2.05) is 24.3 Å². The van der Waals surface area contributed by atoms with Crippen molar-refractivity contribution in [3.8, 4) is 0 Å². The van der Waals surface area contributed by atoms with Gasteiger partial charge < -0.3 is 10.1 Å². The zero-order valence-corrected chi connectivity index (χ0v) is 15.0. The molecule has 5 nitrogen and oxygen atoms in total. The molecule has 0 saturated carbocycles. The molecular formula is C17H14BrClN2O3. The summed E-state index contributed by atoms with van der Waals surface area (Å²) >= 11 is 9.24. The molecule has 0 bridgehead atoms. The predicted molar refractivity (Wildman–Crippen MR) is 96.6 cm³/mol. The molecule has 1 atom stereocenters. The average Bonchev–Trinajstić information content (AvgIpc) is 2.56. The quantitative estimate of drug-likeness (QED) is 0.459. The molecule has 0 fully saturated rings. The second kappa shape index (κ2) is 8.61. The largest absolute Gasteiger partial charge is 0.449 e. The molecule has 0 aliphatic heterocycles. The number of aromatic nitrogens is 1. The van der Waals surface area contributed by atoms with Crippen molar-refractivity contribution in [1.82, 2.24) is 4.98 Å². The first-order valence-electron chi connectivity index (χ1n) is 7.02. The number of rotatable bonds is 5. The van der Waals surface area contributed by atoms with Gasteiger partial charge in [0.05, 0.1) is 5.69 Å². The van der Waals surface area contributed by atoms with Crippen molar-refractivity contribution in [3.05, 3.63) is 63.9 Å². The molecule has 1 heterocycles. The second-order valence-electron chi connectivity index (χ2n) is 4.76. The molecule has 1 aromatic heterocycles. The maximum atomic E-state index is 12.0. The molecule has 0 aliphatic rings. The van der Waals surface area contributed by atoms with Crippen LogP contribution in [-0.4, -0.2) is 23.0 Å². The molecule has 24 heavy (non-hydrogen) atoms. The number of benzene rings is 1. The highest BCUT2D eigenvalue weighted by Crippen LogP contribution is 2.18. The van der Waals surface area contributed by atoms with Gasteiger partial charge in [-0.1, -0.05) is 45.7 Å². The Balaban J connectivity index is 1.92. The summed E-state index contributed by atoms with van der Waals surface area (Å²) < 4.78 is 5.92. The molecule has 1 amide bonds.